The maximum absolute atomic E-state index is 14.4. The molecule has 2 aromatic carbocycles. The summed E-state index contributed by atoms with van der Waals surface area (Å²) in [5, 5.41) is 2.98. The molecule has 27 heavy (non-hydrogen) atoms. The lowest BCUT2D eigenvalue weighted by Crippen LogP contribution is -2.22. The first kappa shape index (κ1) is 20.7. The highest BCUT2D eigenvalue weighted by Gasteiger charge is 2.08. The van der Waals surface area contributed by atoms with E-state index in [0.717, 1.165) is 5.82 Å². The van der Waals surface area contributed by atoms with E-state index in [1.54, 1.807) is 30.1 Å². The molecule has 0 unspecified atom stereocenters. The fourth-order valence-corrected chi connectivity index (χ4v) is 2.58. The minimum Gasteiger partial charge on any atom is -0.495 e. The molecule has 0 saturated heterocycles. The third-order valence-corrected chi connectivity index (χ3v) is 3.90. The summed E-state index contributed by atoms with van der Waals surface area (Å²) in [6.45, 7) is 2.08. The van der Waals surface area contributed by atoms with Gasteiger partial charge in [0.25, 0.3) is 0 Å². The van der Waals surface area contributed by atoms with Crippen LogP contribution in [-0.4, -0.2) is 22.6 Å². The number of hydrogen-bond donors (Lipinski definition) is 2. The Morgan fingerprint density at radius 1 is 1.30 bits per heavy atom. The standard InChI is InChI=1S/C19H20FN5O.HI/c1-13-22-9-10-25(13)17-8-7-14(11-15(17)20)12-23-19(21)24-16-5-3-4-6-18(16)26-2;/h3-11H,12H2,1-2H3,(H3,21,23,24);1H. The van der Waals surface area contributed by atoms with Crippen LogP contribution in [0.1, 0.15) is 11.4 Å². The van der Waals surface area contributed by atoms with E-state index in [-0.39, 0.29) is 42.3 Å². The van der Waals surface area contributed by atoms with Crippen molar-refractivity contribution in [1.82, 2.24) is 9.55 Å². The molecule has 0 radical (unpaired) electrons. The molecule has 0 spiro atoms. The number of aromatic nitrogens is 2. The number of anilines is 1. The van der Waals surface area contributed by atoms with E-state index in [9.17, 15) is 4.39 Å². The van der Waals surface area contributed by atoms with E-state index < -0.39 is 0 Å². The Hall–Kier alpha value is -2.62. The molecular formula is C19H21FIN5O. The highest BCUT2D eigenvalue weighted by atomic mass is 127. The minimum absolute atomic E-state index is 0. The van der Waals surface area contributed by atoms with Gasteiger partial charge in [0.2, 0.25) is 0 Å². The summed E-state index contributed by atoms with van der Waals surface area (Å²) in [5.74, 6) is 1.27. The van der Waals surface area contributed by atoms with Gasteiger partial charge in [0.1, 0.15) is 17.4 Å². The fourth-order valence-electron chi connectivity index (χ4n) is 2.58. The van der Waals surface area contributed by atoms with Crippen molar-refractivity contribution in [2.75, 3.05) is 12.4 Å². The molecule has 142 valence electrons. The molecule has 3 N–H and O–H groups in total. The Morgan fingerprint density at radius 3 is 2.74 bits per heavy atom. The Bertz CT molecular complexity index is 941. The summed E-state index contributed by atoms with van der Waals surface area (Å²) in [4.78, 5) is 8.37. The van der Waals surface area contributed by atoms with Crippen LogP contribution in [0.4, 0.5) is 10.1 Å². The predicted molar refractivity (Wildman–Crippen MR) is 116 cm³/mol. The largest absolute Gasteiger partial charge is 0.495 e. The van der Waals surface area contributed by atoms with Crippen molar-refractivity contribution >= 4 is 35.6 Å². The van der Waals surface area contributed by atoms with Crippen molar-refractivity contribution in [1.29, 1.82) is 0 Å². The van der Waals surface area contributed by atoms with Crippen molar-refractivity contribution in [3.63, 3.8) is 0 Å². The number of imidazole rings is 1. The number of methoxy groups -OCH3 is 1. The Morgan fingerprint density at radius 2 is 2.07 bits per heavy atom. The van der Waals surface area contributed by atoms with E-state index in [4.69, 9.17) is 10.5 Å². The van der Waals surface area contributed by atoms with Crippen molar-refractivity contribution < 1.29 is 9.13 Å². The first-order chi connectivity index (χ1) is 12.6. The van der Waals surface area contributed by atoms with Gasteiger partial charge in [-0.3, -0.25) is 0 Å². The van der Waals surface area contributed by atoms with Gasteiger partial charge in [-0.1, -0.05) is 18.2 Å². The van der Waals surface area contributed by atoms with Gasteiger partial charge >= 0.3 is 0 Å². The van der Waals surface area contributed by atoms with Gasteiger partial charge in [0.05, 0.1) is 25.0 Å². The summed E-state index contributed by atoms with van der Waals surface area (Å²) in [7, 11) is 1.58. The zero-order chi connectivity index (χ0) is 18.5. The molecule has 8 heteroatoms. The topological polar surface area (TPSA) is 77.5 Å². The number of nitrogens with two attached hydrogens (primary N) is 1. The number of benzene rings is 2. The van der Waals surface area contributed by atoms with Gasteiger partial charge in [-0.25, -0.2) is 14.4 Å². The fraction of sp³-hybridized carbons (Fsp3) is 0.158. The first-order valence-corrected chi connectivity index (χ1v) is 8.07. The highest BCUT2D eigenvalue weighted by Crippen LogP contribution is 2.22. The van der Waals surface area contributed by atoms with Crippen LogP contribution in [0.5, 0.6) is 5.75 Å². The summed E-state index contributed by atoms with van der Waals surface area (Å²) < 4.78 is 21.4. The highest BCUT2D eigenvalue weighted by molar-refractivity contribution is 14.0. The maximum Gasteiger partial charge on any atom is 0.193 e. The summed E-state index contributed by atoms with van der Waals surface area (Å²) in [6.07, 6.45) is 3.36. The van der Waals surface area contributed by atoms with Crippen LogP contribution in [0.2, 0.25) is 0 Å². The Labute approximate surface area is 174 Å². The van der Waals surface area contributed by atoms with E-state index in [0.29, 0.717) is 22.7 Å². The van der Waals surface area contributed by atoms with E-state index in [1.165, 1.54) is 6.07 Å². The molecule has 0 aliphatic rings. The van der Waals surface area contributed by atoms with Crippen LogP contribution in [0.15, 0.2) is 59.9 Å². The Balaban J connectivity index is 0.00000261. The number of halogens is 2. The average Bonchev–Trinajstić information content (AvgIpc) is 3.06. The van der Waals surface area contributed by atoms with E-state index in [2.05, 4.69) is 15.3 Å². The number of aliphatic imine (C=N–C) groups is 1. The lowest BCUT2D eigenvalue weighted by molar-refractivity contribution is 0.417. The van der Waals surface area contributed by atoms with Crippen LogP contribution >= 0.6 is 24.0 Å². The summed E-state index contributed by atoms with van der Waals surface area (Å²) >= 11 is 0. The summed E-state index contributed by atoms with van der Waals surface area (Å²) in [5.41, 5.74) is 7.80. The molecule has 0 bridgehead atoms. The molecule has 3 rings (SSSR count). The van der Waals surface area contributed by atoms with Crippen molar-refractivity contribution in [3.8, 4) is 11.4 Å². The van der Waals surface area contributed by atoms with Gasteiger partial charge in [0, 0.05) is 12.4 Å². The third-order valence-electron chi connectivity index (χ3n) is 3.90. The predicted octanol–water partition coefficient (Wildman–Crippen LogP) is 3.87. The number of para-hydroxylation sites is 2. The molecule has 3 aromatic rings. The zero-order valence-electron chi connectivity index (χ0n) is 15.0. The smallest absolute Gasteiger partial charge is 0.193 e. The number of hydrogen-bond acceptors (Lipinski definition) is 3. The van der Waals surface area contributed by atoms with Crippen molar-refractivity contribution in [2.24, 2.45) is 10.7 Å². The van der Waals surface area contributed by atoms with Gasteiger partial charge in [-0.05, 0) is 36.8 Å². The lowest BCUT2D eigenvalue weighted by atomic mass is 10.2. The second-order valence-electron chi connectivity index (χ2n) is 5.66. The van der Waals surface area contributed by atoms with E-state index >= 15 is 0 Å². The SMILES string of the molecule is COc1ccccc1NC(N)=NCc1ccc(-n2ccnc2C)c(F)c1.I. The van der Waals surface area contributed by atoms with Crippen LogP contribution < -0.4 is 15.8 Å². The quantitative estimate of drug-likeness (QED) is 0.330. The second kappa shape index (κ2) is 9.36. The number of rotatable bonds is 5. The van der Waals surface area contributed by atoms with Crippen LogP contribution in [-0.2, 0) is 6.54 Å². The molecule has 1 aromatic heterocycles. The normalized spacial score (nSPS) is 11.0. The zero-order valence-corrected chi connectivity index (χ0v) is 17.3. The summed E-state index contributed by atoms with van der Waals surface area (Å²) in [6, 6.07) is 12.4. The lowest BCUT2D eigenvalue weighted by Gasteiger charge is -2.10. The van der Waals surface area contributed by atoms with Gasteiger partial charge in [-0.15, -0.1) is 24.0 Å². The minimum atomic E-state index is -0.338. The van der Waals surface area contributed by atoms with Crippen molar-refractivity contribution in [2.45, 2.75) is 13.5 Å². The number of guanidine groups is 1. The van der Waals surface area contributed by atoms with Gasteiger partial charge in [-0.2, -0.15) is 0 Å². The number of nitrogens with zero attached hydrogens (tertiary/aromatic N) is 3. The maximum atomic E-state index is 14.4. The van der Waals surface area contributed by atoms with Crippen LogP contribution in [0.3, 0.4) is 0 Å². The molecular weight excluding hydrogens is 460 g/mol. The first-order valence-electron chi connectivity index (χ1n) is 8.07. The molecule has 0 aliphatic heterocycles. The van der Waals surface area contributed by atoms with Crippen LogP contribution in [0.25, 0.3) is 5.69 Å². The molecule has 6 nitrogen and oxygen atoms in total. The second-order valence-corrected chi connectivity index (χ2v) is 5.66. The van der Waals surface area contributed by atoms with Crippen LogP contribution in [0, 0.1) is 12.7 Å². The monoisotopic (exact) mass is 481 g/mol. The van der Waals surface area contributed by atoms with Gasteiger partial charge in [0.15, 0.2) is 5.96 Å². The molecule has 0 amide bonds. The van der Waals surface area contributed by atoms with E-state index in [1.807, 2.05) is 37.3 Å². The number of ether oxygens (including phenoxy) is 1. The molecule has 1 heterocycles. The molecule has 0 atom stereocenters. The molecule has 0 aliphatic carbocycles. The Kier molecular flexibility index (Phi) is 7.17. The van der Waals surface area contributed by atoms with Gasteiger partial charge < -0.3 is 20.4 Å². The molecule has 0 fully saturated rings. The number of aryl methyl sites for hydroxylation is 1. The number of nitrogens with one attached hydrogen (secondary N) is 1. The van der Waals surface area contributed by atoms with Crippen molar-refractivity contribution in [3.05, 3.63) is 72.1 Å². The molecule has 0 saturated carbocycles. The average molecular weight is 481 g/mol. The third kappa shape index (κ3) is 4.97.